The van der Waals surface area contributed by atoms with E-state index < -0.39 is 23.4 Å². The van der Waals surface area contributed by atoms with E-state index in [0.717, 1.165) is 17.7 Å². The van der Waals surface area contributed by atoms with E-state index in [9.17, 15) is 13.6 Å². The molecule has 0 saturated heterocycles. The molecule has 0 saturated carbocycles. The summed E-state index contributed by atoms with van der Waals surface area (Å²) in [5.41, 5.74) is 0.951. The van der Waals surface area contributed by atoms with E-state index in [1.54, 1.807) is 7.11 Å². The van der Waals surface area contributed by atoms with Crippen LogP contribution in [0.25, 0.3) is 0 Å². The van der Waals surface area contributed by atoms with E-state index >= 15 is 0 Å². The van der Waals surface area contributed by atoms with Gasteiger partial charge in [0, 0.05) is 24.4 Å². The summed E-state index contributed by atoms with van der Waals surface area (Å²) in [6.45, 7) is 0.285. The van der Waals surface area contributed by atoms with Crippen LogP contribution in [0.1, 0.15) is 11.6 Å². The molecule has 27 heavy (non-hydrogen) atoms. The fraction of sp³-hybridized carbons (Fsp3) is 0.316. The first-order chi connectivity index (χ1) is 12.8. The van der Waals surface area contributed by atoms with Gasteiger partial charge in [-0.05, 0) is 31.8 Å². The number of carbonyl (C=O) groups is 1. The Bertz CT molecular complexity index is 777. The normalized spacial score (nSPS) is 11.8. The van der Waals surface area contributed by atoms with E-state index in [-0.39, 0.29) is 18.3 Å². The standard InChI is InChI=1S/C19H23F2N3O3/c1-24(2)17(12-6-5-7-14(8-12)26-3)11-22-19(25)23-13-9-15(20)18(27-4)16(21)10-13/h5-10,17H,11H2,1-4H3,(H2,22,23,25). The molecule has 0 heterocycles. The van der Waals surface area contributed by atoms with Gasteiger partial charge in [0.2, 0.25) is 0 Å². The largest absolute Gasteiger partial charge is 0.497 e. The molecule has 2 rings (SSSR count). The Morgan fingerprint density at radius 2 is 1.78 bits per heavy atom. The van der Waals surface area contributed by atoms with Gasteiger partial charge in [-0.2, -0.15) is 0 Å². The molecule has 146 valence electrons. The Kier molecular flexibility index (Phi) is 6.95. The smallest absolute Gasteiger partial charge is 0.319 e. The van der Waals surface area contributed by atoms with Gasteiger partial charge in [0.15, 0.2) is 17.4 Å². The maximum Gasteiger partial charge on any atom is 0.319 e. The van der Waals surface area contributed by atoms with Crippen LogP contribution in [0.2, 0.25) is 0 Å². The predicted molar refractivity (Wildman–Crippen MR) is 99.4 cm³/mol. The van der Waals surface area contributed by atoms with Crippen molar-refractivity contribution in [3.05, 3.63) is 53.6 Å². The Balaban J connectivity index is 2.04. The average molecular weight is 379 g/mol. The van der Waals surface area contributed by atoms with Gasteiger partial charge >= 0.3 is 6.03 Å². The first kappa shape index (κ1) is 20.4. The Morgan fingerprint density at radius 1 is 1.11 bits per heavy atom. The number of rotatable bonds is 7. The third kappa shape index (κ3) is 5.30. The van der Waals surface area contributed by atoms with Crippen LogP contribution >= 0.6 is 0 Å². The van der Waals surface area contributed by atoms with Crippen LogP contribution in [0.4, 0.5) is 19.3 Å². The topological polar surface area (TPSA) is 62.8 Å². The lowest BCUT2D eigenvalue weighted by Crippen LogP contribution is -2.36. The molecule has 6 nitrogen and oxygen atoms in total. The quantitative estimate of drug-likeness (QED) is 0.774. The Hall–Kier alpha value is -2.87. The minimum atomic E-state index is -0.893. The molecular weight excluding hydrogens is 356 g/mol. The van der Waals surface area contributed by atoms with Gasteiger partial charge in [-0.15, -0.1) is 0 Å². The molecular formula is C19H23F2N3O3. The average Bonchev–Trinajstić information content (AvgIpc) is 2.61. The molecule has 1 unspecified atom stereocenters. The molecule has 2 amide bonds. The number of urea groups is 1. The molecule has 0 fully saturated rings. The number of anilines is 1. The van der Waals surface area contributed by atoms with Crippen LogP contribution < -0.4 is 20.1 Å². The molecule has 2 aromatic carbocycles. The Morgan fingerprint density at radius 3 is 2.33 bits per heavy atom. The summed E-state index contributed by atoms with van der Waals surface area (Å²) in [6.07, 6.45) is 0. The number of benzene rings is 2. The molecule has 2 N–H and O–H groups in total. The zero-order valence-electron chi connectivity index (χ0n) is 15.7. The molecule has 0 aromatic heterocycles. The van der Waals surface area contributed by atoms with Gasteiger partial charge in [-0.25, -0.2) is 13.6 Å². The molecule has 0 aliphatic carbocycles. The number of amides is 2. The number of hydrogen-bond donors (Lipinski definition) is 2. The van der Waals surface area contributed by atoms with Crippen molar-refractivity contribution < 1.29 is 23.0 Å². The highest BCUT2D eigenvalue weighted by molar-refractivity contribution is 5.89. The summed E-state index contributed by atoms with van der Waals surface area (Å²) in [7, 11) is 6.53. The van der Waals surface area contributed by atoms with Crippen LogP contribution in [0.15, 0.2) is 36.4 Å². The van der Waals surface area contributed by atoms with E-state index in [1.807, 2.05) is 43.3 Å². The van der Waals surface area contributed by atoms with Crippen LogP contribution in [0.5, 0.6) is 11.5 Å². The van der Waals surface area contributed by atoms with Crippen molar-refractivity contribution in [2.45, 2.75) is 6.04 Å². The molecule has 0 aliphatic rings. The molecule has 2 aromatic rings. The molecule has 0 spiro atoms. The number of carbonyl (C=O) groups excluding carboxylic acids is 1. The van der Waals surface area contributed by atoms with E-state index in [1.165, 1.54) is 7.11 Å². The van der Waals surface area contributed by atoms with Gasteiger partial charge < -0.3 is 25.0 Å². The molecule has 8 heteroatoms. The van der Waals surface area contributed by atoms with Crippen molar-refractivity contribution in [2.75, 3.05) is 40.2 Å². The van der Waals surface area contributed by atoms with E-state index in [0.29, 0.717) is 5.75 Å². The maximum absolute atomic E-state index is 13.7. The van der Waals surface area contributed by atoms with Crippen LogP contribution in [0.3, 0.4) is 0 Å². The summed E-state index contributed by atoms with van der Waals surface area (Å²) in [5.74, 6) is -1.56. The molecule has 0 aliphatic heterocycles. The zero-order chi connectivity index (χ0) is 20.0. The lowest BCUT2D eigenvalue weighted by Gasteiger charge is -2.25. The summed E-state index contributed by atoms with van der Waals surface area (Å²) >= 11 is 0. The van der Waals surface area contributed by atoms with Crippen LogP contribution in [0, 0.1) is 11.6 Å². The maximum atomic E-state index is 13.7. The highest BCUT2D eigenvalue weighted by atomic mass is 19.1. The fourth-order valence-corrected chi connectivity index (χ4v) is 2.64. The van der Waals surface area contributed by atoms with E-state index in [4.69, 9.17) is 4.74 Å². The minimum Gasteiger partial charge on any atom is -0.497 e. The molecule has 1 atom stereocenters. The van der Waals surface area contributed by atoms with Gasteiger partial charge in [-0.1, -0.05) is 12.1 Å². The first-order valence-corrected chi connectivity index (χ1v) is 8.24. The predicted octanol–water partition coefficient (Wildman–Crippen LogP) is 3.41. The number of nitrogens with zero attached hydrogens (tertiary/aromatic N) is 1. The number of likely N-dealkylation sites (N-methyl/N-ethyl adjacent to an activating group) is 1. The minimum absolute atomic E-state index is 0.00826. The highest BCUT2D eigenvalue weighted by Gasteiger charge is 2.17. The zero-order valence-corrected chi connectivity index (χ0v) is 15.7. The summed E-state index contributed by atoms with van der Waals surface area (Å²) in [6, 6.07) is 8.82. The third-order valence-corrected chi connectivity index (χ3v) is 4.02. The molecule has 0 bridgehead atoms. The van der Waals surface area contributed by atoms with Crippen molar-refractivity contribution in [3.8, 4) is 11.5 Å². The van der Waals surface area contributed by atoms with Crippen molar-refractivity contribution in [1.29, 1.82) is 0 Å². The summed E-state index contributed by atoms with van der Waals surface area (Å²) < 4.78 is 37.3. The second-order valence-corrected chi connectivity index (χ2v) is 6.06. The lowest BCUT2D eigenvalue weighted by molar-refractivity contribution is 0.243. The lowest BCUT2D eigenvalue weighted by atomic mass is 10.1. The van der Waals surface area contributed by atoms with Crippen molar-refractivity contribution >= 4 is 11.7 Å². The number of halogens is 2. The van der Waals surface area contributed by atoms with Gasteiger partial charge in [0.05, 0.1) is 20.3 Å². The van der Waals surface area contributed by atoms with Crippen molar-refractivity contribution in [1.82, 2.24) is 10.2 Å². The second-order valence-electron chi connectivity index (χ2n) is 6.06. The summed E-state index contributed by atoms with van der Waals surface area (Å²) in [5, 5.41) is 5.12. The van der Waals surface area contributed by atoms with Crippen LogP contribution in [-0.2, 0) is 0 Å². The first-order valence-electron chi connectivity index (χ1n) is 8.24. The van der Waals surface area contributed by atoms with Gasteiger partial charge in [0.1, 0.15) is 5.75 Å². The highest BCUT2D eigenvalue weighted by Crippen LogP contribution is 2.25. The number of hydrogen-bond acceptors (Lipinski definition) is 4. The fourth-order valence-electron chi connectivity index (χ4n) is 2.64. The van der Waals surface area contributed by atoms with E-state index in [2.05, 4.69) is 15.4 Å². The van der Waals surface area contributed by atoms with Gasteiger partial charge in [-0.3, -0.25) is 0 Å². The second kappa shape index (κ2) is 9.18. The molecule has 0 radical (unpaired) electrons. The Labute approximate surface area is 157 Å². The number of methoxy groups -OCH3 is 2. The number of nitrogens with one attached hydrogen (secondary N) is 2. The monoisotopic (exact) mass is 379 g/mol. The summed E-state index contributed by atoms with van der Waals surface area (Å²) in [4.78, 5) is 14.1. The van der Waals surface area contributed by atoms with Crippen molar-refractivity contribution in [3.63, 3.8) is 0 Å². The van der Waals surface area contributed by atoms with Crippen LogP contribution in [-0.4, -0.2) is 45.8 Å². The van der Waals surface area contributed by atoms with Crippen molar-refractivity contribution in [2.24, 2.45) is 0 Å². The number of ether oxygens (including phenoxy) is 2. The SMILES string of the molecule is COc1cccc(C(CNC(=O)Nc2cc(F)c(OC)c(F)c2)N(C)C)c1. The van der Waals surface area contributed by atoms with Gasteiger partial charge in [0.25, 0.3) is 0 Å². The third-order valence-electron chi connectivity index (χ3n) is 4.02.